The maximum Gasteiger partial charge on any atom is 0.433 e. The van der Waals surface area contributed by atoms with Gasteiger partial charge in [0.2, 0.25) is 5.88 Å². The molecule has 5 aromatic rings. The predicted molar refractivity (Wildman–Crippen MR) is 187 cm³/mol. The number of hydrazine groups is 1. The van der Waals surface area contributed by atoms with Crippen molar-refractivity contribution < 1.29 is 31.4 Å². The van der Waals surface area contributed by atoms with Gasteiger partial charge in [0, 0.05) is 42.3 Å². The third kappa shape index (κ3) is 6.54. The maximum absolute atomic E-state index is 16.9. The highest BCUT2D eigenvalue weighted by atomic mass is 19.4. The molecular formula is C38H35F5N8O2. The van der Waals surface area contributed by atoms with Crippen molar-refractivity contribution in [2.75, 3.05) is 37.9 Å². The topological polar surface area (TPSA) is 101 Å². The summed E-state index contributed by atoms with van der Waals surface area (Å²) in [4.78, 5) is 23.4. The number of nitrogens with zero attached hydrogens (tertiary/aromatic N) is 7. The molecule has 0 amide bonds. The summed E-state index contributed by atoms with van der Waals surface area (Å²) in [6, 6.07) is 8.77. The zero-order chi connectivity index (χ0) is 36.7. The molecule has 6 heterocycles. The lowest BCUT2D eigenvalue weighted by molar-refractivity contribution is -0.141. The van der Waals surface area contributed by atoms with Gasteiger partial charge >= 0.3 is 12.2 Å². The van der Waals surface area contributed by atoms with E-state index < -0.39 is 29.0 Å². The molecule has 3 fully saturated rings. The summed E-state index contributed by atoms with van der Waals surface area (Å²) in [7, 11) is 0. The first-order valence-electron chi connectivity index (χ1n) is 17.6. The van der Waals surface area contributed by atoms with Crippen molar-refractivity contribution in [1.82, 2.24) is 35.2 Å². The molecule has 0 spiro atoms. The van der Waals surface area contributed by atoms with Gasteiger partial charge in [-0.25, -0.2) is 24.2 Å². The SMILES string of the molecule is C#Cc1c(F)ccc2cccc(-c3ncc4c(N5CCCCCN5)nc(OCC56CCCN5C(COc5cc(C(F)(F)F)ncn5)CC6)nc4c3F)c12. The van der Waals surface area contributed by atoms with Crippen LogP contribution in [-0.2, 0) is 6.18 Å². The minimum absolute atomic E-state index is 0.00161. The van der Waals surface area contributed by atoms with Gasteiger partial charge in [-0.1, -0.05) is 36.6 Å². The molecule has 274 valence electrons. The molecule has 3 aromatic heterocycles. The molecule has 2 atom stereocenters. The van der Waals surface area contributed by atoms with Gasteiger partial charge in [-0.15, -0.1) is 6.42 Å². The first-order chi connectivity index (χ1) is 25.6. The number of alkyl halides is 3. The number of benzene rings is 2. The number of anilines is 1. The fourth-order valence-electron chi connectivity index (χ4n) is 7.96. The summed E-state index contributed by atoms with van der Waals surface area (Å²) in [5, 5.41) is 3.28. The lowest BCUT2D eigenvalue weighted by Crippen LogP contribution is -2.48. The monoisotopic (exact) mass is 730 g/mol. The van der Waals surface area contributed by atoms with E-state index in [0.29, 0.717) is 40.6 Å². The zero-order valence-corrected chi connectivity index (χ0v) is 28.6. The molecule has 3 aliphatic rings. The van der Waals surface area contributed by atoms with Crippen molar-refractivity contribution in [3.63, 3.8) is 0 Å². The van der Waals surface area contributed by atoms with Crippen LogP contribution in [0.3, 0.4) is 0 Å². The van der Waals surface area contributed by atoms with Crippen LogP contribution in [0.1, 0.15) is 56.2 Å². The van der Waals surface area contributed by atoms with Crippen molar-refractivity contribution in [2.45, 2.75) is 62.7 Å². The van der Waals surface area contributed by atoms with Gasteiger partial charge in [-0.2, -0.15) is 23.1 Å². The fourth-order valence-corrected chi connectivity index (χ4v) is 7.96. The molecule has 0 bridgehead atoms. The van der Waals surface area contributed by atoms with E-state index >= 15 is 4.39 Å². The quantitative estimate of drug-likeness (QED) is 0.135. The number of fused-ring (bicyclic) bond motifs is 3. The number of aromatic nitrogens is 5. The molecule has 8 rings (SSSR count). The van der Waals surface area contributed by atoms with Crippen LogP contribution in [0.5, 0.6) is 11.9 Å². The Morgan fingerprint density at radius 2 is 1.87 bits per heavy atom. The number of pyridine rings is 1. The standard InChI is InChI=1S/C38H35F5N8O2/c1-2-25-28(39)11-10-23-8-6-9-26(31(23)25)33-32(40)34-27(19-44-33)35(51-17-5-3-4-15-47-51)49-36(48-34)53-21-37-13-7-16-50(37)24(12-14-37)20-52-30-18-29(38(41,42)43)45-22-46-30/h1,6,8-11,18-19,22,24,47H,3-5,7,12-17,20-21H2. The van der Waals surface area contributed by atoms with Gasteiger partial charge in [0.15, 0.2) is 17.3 Å². The number of hydrogen-bond acceptors (Lipinski definition) is 10. The number of nitrogens with one attached hydrogen (secondary N) is 1. The molecule has 0 radical (unpaired) electrons. The summed E-state index contributed by atoms with van der Waals surface area (Å²) in [6.45, 7) is 2.44. The van der Waals surface area contributed by atoms with Crippen LogP contribution in [0.2, 0.25) is 0 Å². The third-order valence-corrected chi connectivity index (χ3v) is 10.5. The van der Waals surface area contributed by atoms with Crippen molar-refractivity contribution in [3.8, 4) is 35.5 Å². The molecule has 1 N–H and O–H groups in total. The number of rotatable bonds is 8. The Kier molecular flexibility index (Phi) is 9.20. The number of hydrogen-bond donors (Lipinski definition) is 1. The maximum atomic E-state index is 16.9. The second kappa shape index (κ2) is 14.0. The highest BCUT2D eigenvalue weighted by molar-refractivity contribution is 6.02. The van der Waals surface area contributed by atoms with E-state index in [0.717, 1.165) is 63.9 Å². The van der Waals surface area contributed by atoms with Gasteiger partial charge in [0.25, 0.3) is 0 Å². The highest BCUT2D eigenvalue weighted by Crippen LogP contribution is 2.43. The van der Waals surface area contributed by atoms with Crippen LogP contribution in [-0.4, -0.2) is 74.2 Å². The van der Waals surface area contributed by atoms with E-state index in [2.05, 4.69) is 36.2 Å². The minimum atomic E-state index is -4.61. The first kappa shape index (κ1) is 34.9. The summed E-state index contributed by atoms with van der Waals surface area (Å²) < 4.78 is 83.4. The second-order valence-corrected chi connectivity index (χ2v) is 13.7. The van der Waals surface area contributed by atoms with Crippen LogP contribution in [0.4, 0.5) is 27.8 Å². The first-order valence-corrected chi connectivity index (χ1v) is 17.6. The average Bonchev–Trinajstić information content (AvgIpc) is 3.60. The normalized spacial score (nSPS) is 20.8. The molecule has 0 saturated carbocycles. The molecule has 3 aliphatic heterocycles. The molecular weight excluding hydrogens is 695 g/mol. The Morgan fingerprint density at radius 1 is 0.981 bits per heavy atom. The van der Waals surface area contributed by atoms with Gasteiger partial charge in [0.1, 0.15) is 36.6 Å². The average molecular weight is 731 g/mol. The van der Waals surface area contributed by atoms with Crippen LogP contribution < -0.4 is 19.9 Å². The molecule has 3 saturated heterocycles. The van der Waals surface area contributed by atoms with Crippen molar-refractivity contribution in [3.05, 3.63) is 71.8 Å². The molecule has 15 heteroatoms. The van der Waals surface area contributed by atoms with Gasteiger partial charge < -0.3 is 9.47 Å². The Morgan fingerprint density at radius 3 is 2.72 bits per heavy atom. The summed E-state index contributed by atoms with van der Waals surface area (Å²) >= 11 is 0. The Bertz CT molecular complexity index is 2220. The zero-order valence-electron chi connectivity index (χ0n) is 28.6. The largest absolute Gasteiger partial charge is 0.476 e. The second-order valence-electron chi connectivity index (χ2n) is 13.7. The van der Waals surface area contributed by atoms with Crippen LogP contribution in [0.15, 0.2) is 48.9 Å². The van der Waals surface area contributed by atoms with Gasteiger partial charge in [-0.05, 0) is 56.5 Å². The van der Waals surface area contributed by atoms with E-state index in [1.165, 1.54) is 12.3 Å². The van der Waals surface area contributed by atoms with Crippen molar-refractivity contribution in [2.24, 2.45) is 0 Å². The van der Waals surface area contributed by atoms with Crippen LogP contribution in [0, 0.1) is 24.0 Å². The fraction of sp³-hybridized carbons (Fsp3) is 0.395. The van der Waals surface area contributed by atoms with E-state index in [1.54, 1.807) is 24.3 Å². The van der Waals surface area contributed by atoms with E-state index in [-0.39, 0.29) is 47.9 Å². The minimum Gasteiger partial charge on any atom is -0.476 e. The van der Waals surface area contributed by atoms with Gasteiger partial charge in [-0.3, -0.25) is 14.9 Å². The predicted octanol–water partition coefficient (Wildman–Crippen LogP) is 6.86. The molecule has 53 heavy (non-hydrogen) atoms. The van der Waals surface area contributed by atoms with E-state index in [9.17, 15) is 17.6 Å². The number of ether oxygens (including phenoxy) is 2. The lowest BCUT2D eigenvalue weighted by Gasteiger charge is -2.34. The molecule has 2 unspecified atom stereocenters. The molecule has 0 aliphatic carbocycles. The summed E-state index contributed by atoms with van der Waals surface area (Å²) in [6.07, 6.45) is 9.57. The van der Waals surface area contributed by atoms with Crippen LogP contribution in [0.25, 0.3) is 32.9 Å². The Hall–Kier alpha value is -5.20. The lowest BCUT2D eigenvalue weighted by atomic mass is 9.95. The summed E-state index contributed by atoms with van der Waals surface area (Å²) in [5.74, 6) is 1.40. The Balaban J connectivity index is 1.11. The van der Waals surface area contributed by atoms with Crippen molar-refractivity contribution in [1.29, 1.82) is 0 Å². The van der Waals surface area contributed by atoms with Crippen LogP contribution >= 0.6 is 0 Å². The number of terminal acetylenes is 1. The highest BCUT2D eigenvalue weighted by Gasteiger charge is 2.50. The smallest absolute Gasteiger partial charge is 0.433 e. The number of halogens is 5. The molecule has 2 aromatic carbocycles. The van der Waals surface area contributed by atoms with E-state index in [1.807, 2.05) is 5.01 Å². The van der Waals surface area contributed by atoms with Crippen molar-refractivity contribution >= 4 is 27.5 Å². The third-order valence-electron chi connectivity index (χ3n) is 10.5. The van der Waals surface area contributed by atoms with E-state index in [4.69, 9.17) is 20.9 Å². The molecule has 10 nitrogen and oxygen atoms in total. The summed E-state index contributed by atoms with van der Waals surface area (Å²) in [5.41, 5.74) is 2.25. The Labute approximate surface area is 301 Å². The van der Waals surface area contributed by atoms with Gasteiger partial charge in [0.05, 0.1) is 16.5 Å².